The quantitative estimate of drug-likeness (QED) is 0.714. The highest BCUT2D eigenvalue weighted by Crippen LogP contribution is 2.36. The van der Waals surface area contributed by atoms with Crippen LogP contribution in [-0.4, -0.2) is 76.0 Å². The summed E-state index contributed by atoms with van der Waals surface area (Å²) < 4.78 is 7.86. The van der Waals surface area contributed by atoms with Crippen molar-refractivity contribution in [2.75, 3.05) is 51.3 Å². The number of likely N-dealkylation sites (N-methyl/N-ethyl adjacent to an activating group) is 1. The van der Waals surface area contributed by atoms with Crippen molar-refractivity contribution in [2.24, 2.45) is 0 Å². The SMILES string of the molecule is Cc1nc(N2CCN(C)CC2)c2nc(-c3cccc(O)c3)n(C3CCOCC3)c2n1. The van der Waals surface area contributed by atoms with Gasteiger partial charge in [-0.15, -0.1) is 0 Å². The van der Waals surface area contributed by atoms with E-state index in [-0.39, 0.29) is 11.8 Å². The topological polar surface area (TPSA) is 79.5 Å². The lowest BCUT2D eigenvalue weighted by Crippen LogP contribution is -2.45. The van der Waals surface area contributed by atoms with Gasteiger partial charge in [0.1, 0.15) is 17.4 Å². The summed E-state index contributed by atoms with van der Waals surface area (Å²) in [5, 5.41) is 10.1. The van der Waals surface area contributed by atoms with Gasteiger partial charge in [-0.05, 0) is 38.9 Å². The molecule has 2 aliphatic rings. The number of hydrogen-bond donors (Lipinski definition) is 1. The van der Waals surface area contributed by atoms with Crippen LogP contribution in [0.2, 0.25) is 0 Å². The largest absolute Gasteiger partial charge is 0.508 e. The first-order valence-corrected chi connectivity index (χ1v) is 10.7. The summed E-state index contributed by atoms with van der Waals surface area (Å²) >= 11 is 0. The molecular weight excluding hydrogens is 380 g/mol. The highest BCUT2D eigenvalue weighted by atomic mass is 16.5. The van der Waals surface area contributed by atoms with Gasteiger partial charge in [-0.2, -0.15) is 0 Å². The number of hydrogen-bond acceptors (Lipinski definition) is 7. The number of aromatic nitrogens is 4. The molecule has 1 N–H and O–H groups in total. The van der Waals surface area contributed by atoms with Gasteiger partial charge in [0, 0.05) is 51.0 Å². The molecule has 0 radical (unpaired) electrons. The smallest absolute Gasteiger partial charge is 0.166 e. The van der Waals surface area contributed by atoms with Crippen LogP contribution in [0, 0.1) is 6.92 Å². The van der Waals surface area contributed by atoms with Crippen molar-refractivity contribution in [3.63, 3.8) is 0 Å². The van der Waals surface area contributed by atoms with Gasteiger partial charge in [-0.3, -0.25) is 0 Å². The lowest BCUT2D eigenvalue weighted by atomic mass is 10.1. The summed E-state index contributed by atoms with van der Waals surface area (Å²) in [6.45, 7) is 7.28. The maximum atomic E-state index is 10.1. The summed E-state index contributed by atoms with van der Waals surface area (Å²) in [6.07, 6.45) is 1.84. The minimum Gasteiger partial charge on any atom is -0.508 e. The molecule has 8 nitrogen and oxygen atoms in total. The van der Waals surface area contributed by atoms with Crippen LogP contribution in [0.5, 0.6) is 5.75 Å². The molecule has 0 unspecified atom stereocenters. The van der Waals surface area contributed by atoms with Crippen LogP contribution in [-0.2, 0) is 4.74 Å². The summed E-state index contributed by atoms with van der Waals surface area (Å²) in [7, 11) is 2.15. The number of aryl methyl sites for hydroxylation is 1. The molecule has 30 heavy (non-hydrogen) atoms. The summed E-state index contributed by atoms with van der Waals surface area (Å²) in [5.41, 5.74) is 2.61. The van der Waals surface area contributed by atoms with Crippen molar-refractivity contribution in [3.05, 3.63) is 30.1 Å². The van der Waals surface area contributed by atoms with Crippen molar-refractivity contribution >= 4 is 17.0 Å². The van der Waals surface area contributed by atoms with Gasteiger partial charge in [0.25, 0.3) is 0 Å². The van der Waals surface area contributed by atoms with Gasteiger partial charge in [0.2, 0.25) is 0 Å². The Kier molecular flexibility index (Phi) is 5.04. The van der Waals surface area contributed by atoms with Crippen LogP contribution in [0.1, 0.15) is 24.7 Å². The molecule has 0 atom stereocenters. The standard InChI is InChI=1S/C22H28N6O2/c1-15-23-21(27-10-8-26(2)9-11-27)19-22(24-15)28(17-6-12-30-13-7-17)20(25-19)16-4-3-5-18(29)14-16/h3-5,14,17,29H,6-13H2,1-2H3. The molecule has 0 bridgehead atoms. The van der Waals surface area contributed by atoms with Crippen molar-refractivity contribution in [1.29, 1.82) is 0 Å². The third-order valence-electron chi connectivity index (χ3n) is 6.10. The predicted molar refractivity (Wildman–Crippen MR) is 116 cm³/mol. The molecule has 1 aromatic carbocycles. The zero-order valence-electron chi connectivity index (χ0n) is 17.6. The first-order valence-electron chi connectivity index (χ1n) is 10.7. The van der Waals surface area contributed by atoms with Crippen LogP contribution < -0.4 is 4.90 Å². The van der Waals surface area contributed by atoms with E-state index in [9.17, 15) is 5.11 Å². The minimum absolute atomic E-state index is 0.236. The Hall–Kier alpha value is -2.71. The molecular formula is C22H28N6O2. The van der Waals surface area contributed by atoms with Crippen LogP contribution in [0.15, 0.2) is 24.3 Å². The number of benzene rings is 1. The van der Waals surface area contributed by atoms with Crippen LogP contribution >= 0.6 is 0 Å². The molecule has 8 heteroatoms. The fourth-order valence-corrected chi connectivity index (χ4v) is 4.44. The first-order chi connectivity index (χ1) is 14.6. The lowest BCUT2D eigenvalue weighted by Gasteiger charge is -2.33. The highest BCUT2D eigenvalue weighted by Gasteiger charge is 2.27. The third-order valence-corrected chi connectivity index (χ3v) is 6.10. The predicted octanol–water partition coefficient (Wildman–Crippen LogP) is 2.61. The normalized spacial score (nSPS) is 18.9. The van der Waals surface area contributed by atoms with Crippen LogP contribution in [0.4, 0.5) is 5.82 Å². The number of rotatable bonds is 3. The fraction of sp³-hybridized carbons (Fsp3) is 0.500. The molecule has 2 fully saturated rings. The van der Waals surface area contributed by atoms with E-state index in [1.807, 2.05) is 19.1 Å². The van der Waals surface area contributed by atoms with Crippen molar-refractivity contribution in [3.8, 4) is 17.1 Å². The molecule has 3 aromatic rings. The zero-order valence-corrected chi connectivity index (χ0v) is 17.6. The number of nitrogens with zero attached hydrogens (tertiary/aromatic N) is 6. The molecule has 0 saturated carbocycles. The van der Waals surface area contributed by atoms with Crippen molar-refractivity contribution in [2.45, 2.75) is 25.8 Å². The van der Waals surface area contributed by atoms with E-state index < -0.39 is 0 Å². The Morgan fingerprint density at radius 3 is 2.53 bits per heavy atom. The fourth-order valence-electron chi connectivity index (χ4n) is 4.44. The Bertz CT molecular complexity index is 1050. The Balaban J connectivity index is 1.70. The average molecular weight is 409 g/mol. The second-order valence-electron chi connectivity index (χ2n) is 8.26. The van der Waals surface area contributed by atoms with Gasteiger partial charge in [0.15, 0.2) is 17.0 Å². The van der Waals surface area contributed by atoms with E-state index >= 15 is 0 Å². The van der Waals surface area contributed by atoms with Crippen LogP contribution in [0.25, 0.3) is 22.6 Å². The Morgan fingerprint density at radius 1 is 1.03 bits per heavy atom. The Morgan fingerprint density at radius 2 is 1.80 bits per heavy atom. The van der Waals surface area contributed by atoms with E-state index in [0.29, 0.717) is 0 Å². The van der Waals surface area contributed by atoms with Gasteiger partial charge in [0.05, 0.1) is 0 Å². The van der Waals surface area contributed by atoms with Gasteiger partial charge >= 0.3 is 0 Å². The first kappa shape index (κ1) is 19.3. The minimum atomic E-state index is 0.236. The molecule has 158 valence electrons. The molecule has 2 saturated heterocycles. The average Bonchev–Trinajstić information content (AvgIpc) is 3.14. The van der Waals surface area contributed by atoms with Gasteiger partial charge < -0.3 is 24.2 Å². The number of phenolic OH excluding ortho intramolecular Hbond substituents is 1. The zero-order chi connectivity index (χ0) is 20.7. The van der Waals surface area contributed by atoms with E-state index in [1.165, 1.54) is 0 Å². The van der Waals surface area contributed by atoms with Gasteiger partial charge in [-0.1, -0.05) is 12.1 Å². The highest BCUT2D eigenvalue weighted by molar-refractivity contribution is 5.87. The maximum Gasteiger partial charge on any atom is 0.166 e. The number of aromatic hydroxyl groups is 1. The third kappa shape index (κ3) is 3.50. The van der Waals surface area contributed by atoms with E-state index in [2.05, 4.69) is 21.4 Å². The van der Waals surface area contributed by atoms with Crippen molar-refractivity contribution in [1.82, 2.24) is 24.4 Å². The number of fused-ring (bicyclic) bond motifs is 1. The molecule has 0 aliphatic carbocycles. The molecule has 2 aromatic heterocycles. The number of anilines is 1. The molecule has 2 aliphatic heterocycles. The van der Waals surface area contributed by atoms with E-state index in [0.717, 1.165) is 86.4 Å². The number of phenols is 1. The monoisotopic (exact) mass is 408 g/mol. The molecule has 0 spiro atoms. The second-order valence-corrected chi connectivity index (χ2v) is 8.26. The Labute approximate surface area is 176 Å². The number of piperazine rings is 1. The maximum absolute atomic E-state index is 10.1. The number of ether oxygens (including phenoxy) is 1. The summed E-state index contributed by atoms with van der Waals surface area (Å²) in [4.78, 5) is 19.4. The lowest BCUT2D eigenvalue weighted by molar-refractivity contribution is 0.0708. The van der Waals surface area contributed by atoms with Crippen molar-refractivity contribution < 1.29 is 9.84 Å². The molecule has 5 rings (SSSR count). The second kappa shape index (κ2) is 7.85. The van der Waals surface area contributed by atoms with Crippen LogP contribution in [0.3, 0.4) is 0 Å². The van der Waals surface area contributed by atoms with Gasteiger partial charge in [-0.25, -0.2) is 15.0 Å². The summed E-state index contributed by atoms with van der Waals surface area (Å²) in [5.74, 6) is 2.74. The molecule has 0 amide bonds. The van der Waals surface area contributed by atoms with E-state index in [1.54, 1.807) is 12.1 Å². The molecule has 4 heterocycles. The number of imidazole rings is 1. The van der Waals surface area contributed by atoms with E-state index in [4.69, 9.17) is 19.7 Å². The summed E-state index contributed by atoms with van der Waals surface area (Å²) in [6, 6.07) is 7.57.